The standard InChI is InChI=1S/C11H12N2S/c1-3-10-7-14-11(13-10)9-5-4-8(2)12-6-9/h4-7H,3H2,1-2H3. The van der Waals surface area contributed by atoms with Crippen LogP contribution in [0.25, 0.3) is 10.6 Å². The molecule has 0 saturated carbocycles. The highest BCUT2D eigenvalue weighted by Crippen LogP contribution is 2.22. The number of aryl methyl sites for hydroxylation is 2. The zero-order valence-electron chi connectivity index (χ0n) is 8.32. The number of hydrogen-bond acceptors (Lipinski definition) is 3. The van der Waals surface area contributed by atoms with Gasteiger partial charge in [-0.1, -0.05) is 6.92 Å². The maximum atomic E-state index is 4.51. The number of pyridine rings is 1. The molecule has 14 heavy (non-hydrogen) atoms. The molecule has 0 aliphatic carbocycles. The summed E-state index contributed by atoms with van der Waals surface area (Å²) in [6.07, 6.45) is 2.88. The Bertz CT molecular complexity index is 417. The van der Waals surface area contributed by atoms with Gasteiger partial charge in [0.15, 0.2) is 0 Å². The van der Waals surface area contributed by atoms with E-state index in [2.05, 4.69) is 28.3 Å². The minimum atomic E-state index is 0.996. The second-order valence-electron chi connectivity index (χ2n) is 3.19. The van der Waals surface area contributed by atoms with Gasteiger partial charge in [-0.25, -0.2) is 4.98 Å². The highest BCUT2D eigenvalue weighted by atomic mass is 32.1. The second-order valence-corrected chi connectivity index (χ2v) is 4.04. The van der Waals surface area contributed by atoms with E-state index in [4.69, 9.17) is 0 Å². The lowest BCUT2D eigenvalue weighted by molar-refractivity contribution is 1.06. The van der Waals surface area contributed by atoms with Crippen LogP contribution in [0.3, 0.4) is 0 Å². The molecule has 0 atom stereocenters. The predicted octanol–water partition coefficient (Wildman–Crippen LogP) is 3.08. The molecule has 0 amide bonds. The highest BCUT2D eigenvalue weighted by molar-refractivity contribution is 7.13. The molecule has 2 aromatic rings. The van der Waals surface area contributed by atoms with Gasteiger partial charge in [0.1, 0.15) is 5.01 Å². The predicted molar refractivity (Wildman–Crippen MR) is 59.5 cm³/mol. The van der Waals surface area contributed by atoms with Crippen molar-refractivity contribution >= 4 is 11.3 Å². The second kappa shape index (κ2) is 3.88. The minimum Gasteiger partial charge on any atom is -0.261 e. The van der Waals surface area contributed by atoms with E-state index < -0.39 is 0 Å². The van der Waals surface area contributed by atoms with Crippen LogP contribution < -0.4 is 0 Å². The zero-order chi connectivity index (χ0) is 9.97. The number of hydrogen-bond donors (Lipinski definition) is 0. The third-order valence-electron chi connectivity index (χ3n) is 2.07. The van der Waals surface area contributed by atoms with Crippen LogP contribution in [0.15, 0.2) is 23.7 Å². The molecule has 72 valence electrons. The molecule has 0 aliphatic rings. The van der Waals surface area contributed by atoms with Crippen molar-refractivity contribution in [2.45, 2.75) is 20.3 Å². The summed E-state index contributed by atoms with van der Waals surface area (Å²) in [7, 11) is 0. The van der Waals surface area contributed by atoms with Gasteiger partial charge in [0.25, 0.3) is 0 Å². The van der Waals surface area contributed by atoms with Crippen LogP contribution in [0.2, 0.25) is 0 Å². The molecule has 0 saturated heterocycles. The third-order valence-corrected chi connectivity index (χ3v) is 3.01. The zero-order valence-corrected chi connectivity index (χ0v) is 9.14. The topological polar surface area (TPSA) is 25.8 Å². The Morgan fingerprint density at radius 2 is 2.21 bits per heavy atom. The first-order valence-electron chi connectivity index (χ1n) is 4.67. The van der Waals surface area contributed by atoms with Gasteiger partial charge >= 0.3 is 0 Å². The summed E-state index contributed by atoms with van der Waals surface area (Å²) in [6, 6.07) is 4.09. The third kappa shape index (κ3) is 1.82. The fraction of sp³-hybridized carbons (Fsp3) is 0.273. The lowest BCUT2D eigenvalue weighted by Gasteiger charge is -1.95. The van der Waals surface area contributed by atoms with Crippen LogP contribution in [-0.4, -0.2) is 9.97 Å². The Balaban J connectivity index is 2.34. The van der Waals surface area contributed by atoms with E-state index in [1.807, 2.05) is 19.2 Å². The summed E-state index contributed by atoms with van der Waals surface area (Å²) in [5.74, 6) is 0. The van der Waals surface area contributed by atoms with Gasteiger partial charge in [-0.2, -0.15) is 0 Å². The average molecular weight is 204 g/mol. The van der Waals surface area contributed by atoms with Crippen LogP contribution in [0.1, 0.15) is 18.3 Å². The largest absolute Gasteiger partial charge is 0.261 e. The minimum absolute atomic E-state index is 0.996. The van der Waals surface area contributed by atoms with E-state index in [1.165, 1.54) is 0 Å². The van der Waals surface area contributed by atoms with Crippen molar-refractivity contribution < 1.29 is 0 Å². The molecule has 3 heteroatoms. The number of rotatable bonds is 2. The van der Waals surface area contributed by atoms with Gasteiger partial charge in [-0.3, -0.25) is 4.98 Å². The molecule has 0 fully saturated rings. The Hall–Kier alpha value is -1.22. The summed E-state index contributed by atoms with van der Waals surface area (Å²) in [5.41, 5.74) is 3.31. The summed E-state index contributed by atoms with van der Waals surface area (Å²) in [6.45, 7) is 4.11. The molecule has 2 heterocycles. The molecule has 0 aliphatic heterocycles. The van der Waals surface area contributed by atoms with Crippen LogP contribution in [0, 0.1) is 6.92 Å². The quantitative estimate of drug-likeness (QED) is 0.751. The van der Waals surface area contributed by atoms with Gasteiger partial charge < -0.3 is 0 Å². The highest BCUT2D eigenvalue weighted by Gasteiger charge is 2.03. The molecule has 0 bridgehead atoms. The van der Waals surface area contributed by atoms with E-state index in [0.29, 0.717) is 0 Å². The van der Waals surface area contributed by atoms with Gasteiger partial charge in [-0.05, 0) is 25.5 Å². The average Bonchev–Trinajstić information content (AvgIpc) is 2.67. The fourth-order valence-electron chi connectivity index (χ4n) is 1.20. The molecular weight excluding hydrogens is 192 g/mol. The van der Waals surface area contributed by atoms with Gasteiger partial charge in [0.05, 0.1) is 5.69 Å². The van der Waals surface area contributed by atoms with Crippen molar-refractivity contribution in [1.29, 1.82) is 0 Å². The molecule has 0 N–H and O–H groups in total. The van der Waals surface area contributed by atoms with E-state index in [-0.39, 0.29) is 0 Å². The summed E-state index contributed by atoms with van der Waals surface area (Å²) >= 11 is 1.68. The molecule has 0 radical (unpaired) electrons. The van der Waals surface area contributed by atoms with Gasteiger partial charge in [-0.15, -0.1) is 11.3 Å². The van der Waals surface area contributed by atoms with E-state index in [9.17, 15) is 0 Å². The number of aromatic nitrogens is 2. The first kappa shape index (κ1) is 9.34. The SMILES string of the molecule is CCc1csc(-c2ccc(C)nc2)n1. The number of thiazole rings is 1. The lowest BCUT2D eigenvalue weighted by atomic mass is 10.2. The maximum Gasteiger partial charge on any atom is 0.125 e. The van der Waals surface area contributed by atoms with E-state index in [1.54, 1.807) is 11.3 Å². The molecule has 2 rings (SSSR count). The summed E-state index contributed by atoms with van der Waals surface area (Å²) in [5, 5.41) is 3.17. The molecule has 0 unspecified atom stereocenters. The van der Waals surface area contributed by atoms with E-state index in [0.717, 1.165) is 28.4 Å². The Labute approximate surface area is 87.7 Å². The molecule has 2 aromatic heterocycles. The van der Waals surface area contributed by atoms with Crippen molar-refractivity contribution in [3.05, 3.63) is 35.1 Å². The fourth-order valence-corrected chi connectivity index (χ4v) is 2.09. The van der Waals surface area contributed by atoms with Crippen LogP contribution in [-0.2, 0) is 6.42 Å². The van der Waals surface area contributed by atoms with Crippen molar-refractivity contribution in [3.8, 4) is 10.6 Å². The number of nitrogens with zero attached hydrogens (tertiary/aromatic N) is 2. The molecular formula is C11H12N2S. The van der Waals surface area contributed by atoms with Crippen LogP contribution >= 0.6 is 11.3 Å². The normalized spacial score (nSPS) is 10.4. The van der Waals surface area contributed by atoms with Crippen LogP contribution in [0.4, 0.5) is 0 Å². The van der Waals surface area contributed by atoms with E-state index >= 15 is 0 Å². The van der Waals surface area contributed by atoms with Crippen molar-refractivity contribution in [3.63, 3.8) is 0 Å². The summed E-state index contributed by atoms with van der Waals surface area (Å²) < 4.78 is 0. The first-order chi connectivity index (χ1) is 6.79. The van der Waals surface area contributed by atoms with Gasteiger partial charge in [0.2, 0.25) is 0 Å². The monoisotopic (exact) mass is 204 g/mol. The Morgan fingerprint density at radius 3 is 2.79 bits per heavy atom. The Morgan fingerprint density at radius 1 is 1.36 bits per heavy atom. The van der Waals surface area contributed by atoms with Crippen LogP contribution in [0.5, 0.6) is 0 Å². The lowest BCUT2D eigenvalue weighted by Crippen LogP contribution is -1.83. The Kier molecular flexibility index (Phi) is 2.59. The first-order valence-corrected chi connectivity index (χ1v) is 5.55. The van der Waals surface area contributed by atoms with Crippen molar-refractivity contribution in [2.24, 2.45) is 0 Å². The molecule has 0 aromatic carbocycles. The molecule has 0 spiro atoms. The molecule has 2 nitrogen and oxygen atoms in total. The van der Waals surface area contributed by atoms with Crippen molar-refractivity contribution in [1.82, 2.24) is 9.97 Å². The smallest absolute Gasteiger partial charge is 0.125 e. The summed E-state index contributed by atoms with van der Waals surface area (Å²) in [4.78, 5) is 8.76. The maximum absolute atomic E-state index is 4.51. The van der Waals surface area contributed by atoms with Gasteiger partial charge in [0, 0.05) is 22.8 Å². The van der Waals surface area contributed by atoms with Crippen molar-refractivity contribution in [2.75, 3.05) is 0 Å².